The Morgan fingerprint density at radius 1 is 1.00 bits per heavy atom. The summed E-state index contributed by atoms with van der Waals surface area (Å²) in [6.45, 7) is 2.53. The van der Waals surface area contributed by atoms with Crippen LogP contribution < -0.4 is 10.0 Å². The fourth-order valence-electron chi connectivity index (χ4n) is 3.14. The van der Waals surface area contributed by atoms with Gasteiger partial charge in [-0.1, -0.05) is 25.5 Å². The standard InChI is InChI=1S/C21H23N3O5S/c1-3-4-11-24-20(26)17-10-7-15(12-18(17)21(24)27)19(25)23-13-14-5-8-16(9-6-14)30(28,29)22-2/h5-10,12,22H,3-4,11,13H2,1-2H3,(H,23,25). The van der Waals surface area contributed by atoms with Crippen molar-refractivity contribution < 1.29 is 22.8 Å². The number of carbonyl (C=O) groups is 3. The normalized spacial score (nSPS) is 13.5. The molecule has 2 aromatic rings. The number of unbranched alkanes of at least 4 members (excludes halogenated alkanes) is 1. The zero-order chi connectivity index (χ0) is 21.9. The first-order valence-corrected chi connectivity index (χ1v) is 11.1. The average Bonchev–Trinajstić information content (AvgIpc) is 3.00. The van der Waals surface area contributed by atoms with E-state index in [9.17, 15) is 22.8 Å². The van der Waals surface area contributed by atoms with Crippen LogP contribution in [-0.2, 0) is 16.6 Å². The van der Waals surface area contributed by atoms with Crippen LogP contribution in [0.5, 0.6) is 0 Å². The van der Waals surface area contributed by atoms with E-state index in [4.69, 9.17) is 0 Å². The van der Waals surface area contributed by atoms with E-state index in [1.54, 1.807) is 12.1 Å². The molecule has 0 radical (unpaired) electrons. The molecule has 1 aliphatic heterocycles. The van der Waals surface area contributed by atoms with Gasteiger partial charge in [0.25, 0.3) is 17.7 Å². The zero-order valence-corrected chi connectivity index (χ0v) is 17.6. The van der Waals surface area contributed by atoms with Gasteiger partial charge in [-0.05, 0) is 49.4 Å². The number of carbonyl (C=O) groups excluding carboxylic acids is 3. The number of fused-ring (bicyclic) bond motifs is 1. The van der Waals surface area contributed by atoms with Crippen molar-refractivity contribution in [2.75, 3.05) is 13.6 Å². The van der Waals surface area contributed by atoms with E-state index in [1.807, 2.05) is 6.92 Å². The molecule has 3 amide bonds. The molecular weight excluding hydrogens is 406 g/mol. The third kappa shape index (κ3) is 4.27. The summed E-state index contributed by atoms with van der Waals surface area (Å²) in [7, 11) is -2.18. The highest BCUT2D eigenvalue weighted by molar-refractivity contribution is 7.89. The molecule has 1 aliphatic rings. The Kier molecular flexibility index (Phi) is 6.33. The molecule has 158 valence electrons. The molecule has 30 heavy (non-hydrogen) atoms. The van der Waals surface area contributed by atoms with Crippen LogP contribution >= 0.6 is 0 Å². The average molecular weight is 429 g/mol. The number of nitrogens with zero attached hydrogens (tertiary/aromatic N) is 1. The third-order valence-electron chi connectivity index (χ3n) is 4.92. The molecule has 1 heterocycles. The van der Waals surface area contributed by atoms with Crippen LogP contribution in [0.15, 0.2) is 47.4 Å². The molecule has 0 saturated heterocycles. The predicted octanol–water partition coefficient (Wildman–Crippen LogP) is 1.92. The van der Waals surface area contributed by atoms with Crippen LogP contribution in [0.2, 0.25) is 0 Å². The van der Waals surface area contributed by atoms with E-state index >= 15 is 0 Å². The van der Waals surface area contributed by atoms with Crippen molar-refractivity contribution in [1.82, 2.24) is 14.9 Å². The van der Waals surface area contributed by atoms with E-state index in [-0.39, 0.29) is 34.4 Å². The SMILES string of the molecule is CCCCN1C(=O)c2ccc(C(=O)NCc3ccc(S(=O)(=O)NC)cc3)cc2C1=O. The van der Waals surface area contributed by atoms with Gasteiger partial charge in [-0.25, -0.2) is 13.1 Å². The maximum atomic E-state index is 12.5. The van der Waals surface area contributed by atoms with E-state index in [1.165, 1.54) is 42.3 Å². The summed E-state index contributed by atoms with van der Waals surface area (Å²) < 4.78 is 25.7. The van der Waals surface area contributed by atoms with Crippen LogP contribution in [-0.4, -0.2) is 44.6 Å². The minimum Gasteiger partial charge on any atom is -0.348 e. The van der Waals surface area contributed by atoms with Gasteiger partial charge in [-0.15, -0.1) is 0 Å². The maximum absolute atomic E-state index is 12.5. The number of imide groups is 1. The Labute approximate surface area is 175 Å². The van der Waals surface area contributed by atoms with Crippen molar-refractivity contribution in [2.24, 2.45) is 0 Å². The van der Waals surface area contributed by atoms with E-state index in [0.717, 1.165) is 18.4 Å². The van der Waals surface area contributed by atoms with Gasteiger partial charge in [-0.3, -0.25) is 19.3 Å². The van der Waals surface area contributed by atoms with Gasteiger partial charge in [0.05, 0.1) is 16.0 Å². The predicted molar refractivity (Wildman–Crippen MR) is 111 cm³/mol. The van der Waals surface area contributed by atoms with Gasteiger partial charge in [0.15, 0.2) is 0 Å². The van der Waals surface area contributed by atoms with Crippen molar-refractivity contribution in [3.8, 4) is 0 Å². The number of hydrogen-bond acceptors (Lipinski definition) is 5. The topological polar surface area (TPSA) is 113 Å². The summed E-state index contributed by atoms with van der Waals surface area (Å²) in [5.74, 6) is -1.09. The molecule has 9 heteroatoms. The lowest BCUT2D eigenvalue weighted by atomic mass is 10.1. The lowest BCUT2D eigenvalue weighted by Gasteiger charge is -2.12. The fraction of sp³-hybridized carbons (Fsp3) is 0.286. The van der Waals surface area contributed by atoms with E-state index < -0.39 is 15.9 Å². The lowest BCUT2D eigenvalue weighted by Crippen LogP contribution is -2.30. The molecule has 8 nitrogen and oxygen atoms in total. The van der Waals surface area contributed by atoms with E-state index in [2.05, 4.69) is 10.0 Å². The first kappa shape index (κ1) is 21.7. The molecule has 0 saturated carbocycles. The summed E-state index contributed by atoms with van der Waals surface area (Å²) in [6, 6.07) is 10.6. The molecule has 2 aromatic carbocycles. The molecule has 0 fully saturated rings. The minimum atomic E-state index is -3.52. The minimum absolute atomic E-state index is 0.134. The van der Waals surface area contributed by atoms with Crippen LogP contribution in [0, 0.1) is 0 Å². The van der Waals surface area contributed by atoms with Crippen molar-refractivity contribution in [3.63, 3.8) is 0 Å². The number of amides is 3. The van der Waals surface area contributed by atoms with Gasteiger partial charge in [-0.2, -0.15) is 0 Å². The van der Waals surface area contributed by atoms with Gasteiger partial charge in [0, 0.05) is 18.7 Å². The van der Waals surface area contributed by atoms with Crippen LogP contribution in [0.25, 0.3) is 0 Å². The Morgan fingerprint density at radius 2 is 1.67 bits per heavy atom. The third-order valence-corrected chi connectivity index (χ3v) is 6.35. The number of sulfonamides is 1. The number of rotatable bonds is 8. The van der Waals surface area contributed by atoms with Crippen LogP contribution in [0.3, 0.4) is 0 Å². The first-order chi connectivity index (χ1) is 14.3. The van der Waals surface area contributed by atoms with Crippen molar-refractivity contribution in [3.05, 3.63) is 64.7 Å². The van der Waals surface area contributed by atoms with Gasteiger partial charge < -0.3 is 5.32 Å². The molecule has 3 rings (SSSR count). The molecular formula is C21H23N3O5S. The Bertz CT molecular complexity index is 1090. The molecule has 2 N–H and O–H groups in total. The fourth-order valence-corrected chi connectivity index (χ4v) is 3.87. The molecule has 0 aliphatic carbocycles. The zero-order valence-electron chi connectivity index (χ0n) is 16.8. The second-order valence-corrected chi connectivity index (χ2v) is 8.80. The smallest absolute Gasteiger partial charge is 0.261 e. The van der Waals surface area contributed by atoms with Crippen molar-refractivity contribution in [1.29, 1.82) is 0 Å². The summed E-state index contributed by atoms with van der Waals surface area (Å²) in [4.78, 5) is 38.8. The van der Waals surface area contributed by atoms with Crippen molar-refractivity contribution in [2.45, 2.75) is 31.2 Å². The largest absolute Gasteiger partial charge is 0.348 e. The molecule has 0 atom stereocenters. The van der Waals surface area contributed by atoms with Crippen LogP contribution in [0.1, 0.15) is 56.4 Å². The van der Waals surface area contributed by atoms with Gasteiger partial charge in [0.2, 0.25) is 10.0 Å². The first-order valence-electron chi connectivity index (χ1n) is 9.59. The number of hydrogen-bond donors (Lipinski definition) is 2. The van der Waals surface area contributed by atoms with Crippen LogP contribution in [0.4, 0.5) is 0 Å². The summed E-state index contributed by atoms with van der Waals surface area (Å²) in [6.07, 6.45) is 1.59. The highest BCUT2D eigenvalue weighted by Crippen LogP contribution is 2.24. The molecule has 0 unspecified atom stereocenters. The Balaban J connectivity index is 1.69. The summed E-state index contributed by atoms with van der Waals surface area (Å²) >= 11 is 0. The number of nitrogens with one attached hydrogen (secondary N) is 2. The highest BCUT2D eigenvalue weighted by Gasteiger charge is 2.35. The highest BCUT2D eigenvalue weighted by atomic mass is 32.2. The lowest BCUT2D eigenvalue weighted by molar-refractivity contribution is 0.0652. The second-order valence-electron chi connectivity index (χ2n) is 6.91. The van der Waals surface area contributed by atoms with Gasteiger partial charge in [0.1, 0.15) is 0 Å². The van der Waals surface area contributed by atoms with Gasteiger partial charge >= 0.3 is 0 Å². The monoisotopic (exact) mass is 429 g/mol. The molecule has 0 bridgehead atoms. The Morgan fingerprint density at radius 3 is 2.30 bits per heavy atom. The number of benzene rings is 2. The Hall–Kier alpha value is -3.04. The second kappa shape index (κ2) is 8.76. The molecule has 0 spiro atoms. The van der Waals surface area contributed by atoms with Crippen molar-refractivity contribution >= 4 is 27.7 Å². The maximum Gasteiger partial charge on any atom is 0.261 e. The molecule has 0 aromatic heterocycles. The summed E-state index contributed by atoms with van der Waals surface area (Å²) in [5, 5.41) is 2.74. The quantitative estimate of drug-likeness (QED) is 0.623. The summed E-state index contributed by atoms with van der Waals surface area (Å²) in [5.41, 5.74) is 1.55. The van der Waals surface area contributed by atoms with E-state index in [0.29, 0.717) is 12.1 Å².